The summed E-state index contributed by atoms with van der Waals surface area (Å²) in [5.74, 6) is -0.717. The minimum absolute atomic E-state index is 0.0463. The normalized spacial score (nSPS) is 17.8. The number of hydrogen-bond donors (Lipinski definition) is 2. The van der Waals surface area contributed by atoms with Crippen molar-refractivity contribution < 1.29 is 14.3 Å². The molecule has 3 N–H and O–H groups in total. The Balaban J connectivity index is 0.000000331. The Morgan fingerprint density at radius 3 is 2.64 bits per heavy atom. The van der Waals surface area contributed by atoms with E-state index in [2.05, 4.69) is 16.9 Å². The number of benzene rings is 1. The molecule has 1 aromatic carbocycles. The molecule has 1 fully saturated rings. The van der Waals surface area contributed by atoms with E-state index < -0.39 is 5.82 Å². The van der Waals surface area contributed by atoms with E-state index in [-0.39, 0.29) is 40.0 Å². The number of aliphatic hydroxyl groups is 1. The number of carbonyl (C=O) groups excluding carboxylic acids is 1. The fraction of sp³-hybridized carbons (Fsp3) is 0.560. The average Bonchev–Trinajstić information content (AvgIpc) is 3.61. The predicted octanol–water partition coefficient (Wildman–Crippen LogP) is 5.36. The van der Waals surface area contributed by atoms with Crippen LogP contribution in [0.5, 0.6) is 0 Å². The number of nitrogens with zero attached hydrogens (tertiary/aromatic N) is 3. The maximum atomic E-state index is 14.9. The van der Waals surface area contributed by atoms with Gasteiger partial charge in [-0.1, -0.05) is 52.1 Å². The zero-order valence-corrected chi connectivity index (χ0v) is 20.6. The topological polar surface area (TPSA) is 92.3 Å². The van der Waals surface area contributed by atoms with Crippen LogP contribution in [0.4, 0.5) is 10.3 Å². The zero-order chi connectivity index (χ0) is 24.3. The number of nitrogens with two attached hydrogens (primary N) is 1. The van der Waals surface area contributed by atoms with Crippen LogP contribution in [-0.4, -0.2) is 44.6 Å². The molecule has 0 radical (unpaired) electrons. The van der Waals surface area contributed by atoms with E-state index in [1.54, 1.807) is 11.0 Å². The lowest BCUT2D eigenvalue weighted by Crippen LogP contribution is -2.48. The molecule has 1 aromatic heterocycles. The highest BCUT2D eigenvalue weighted by molar-refractivity contribution is 6.32. The third-order valence-electron chi connectivity index (χ3n) is 6.25. The largest absolute Gasteiger partial charge is 0.393 e. The molecular formula is C25H34ClFN4O2. The fourth-order valence-electron chi connectivity index (χ4n) is 4.13. The summed E-state index contributed by atoms with van der Waals surface area (Å²) in [4.78, 5) is 22.6. The number of carbonyl (C=O) groups is 1. The summed E-state index contributed by atoms with van der Waals surface area (Å²) in [6, 6.07) is 3.35. The van der Waals surface area contributed by atoms with E-state index in [4.69, 9.17) is 22.4 Å². The van der Waals surface area contributed by atoms with Crippen molar-refractivity contribution in [2.75, 3.05) is 12.3 Å². The smallest absolute Gasteiger partial charge is 0.257 e. The van der Waals surface area contributed by atoms with Gasteiger partial charge in [-0.2, -0.15) is 0 Å². The molecule has 1 unspecified atom stereocenters. The number of aliphatic hydroxyl groups excluding tert-OH is 1. The third kappa shape index (κ3) is 5.82. The van der Waals surface area contributed by atoms with E-state index in [0.717, 1.165) is 32.1 Å². The first-order chi connectivity index (χ1) is 15.6. The van der Waals surface area contributed by atoms with Gasteiger partial charge >= 0.3 is 0 Å². The molecule has 0 spiro atoms. The highest BCUT2D eigenvalue weighted by atomic mass is 35.5. The first-order valence-corrected chi connectivity index (χ1v) is 12.1. The van der Waals surface area contributed by atoms with Crippen molar-refractivity contribution in [2.45, 2.75) is 83.8 Å². The van der Waals surface area contributed by atoms with Crippen molar-refractivity contribution in [3.05, 3.63) is 40.3 Å². The van der Waals surface area contributed by atoms with Gasteiger partial charge < -0.3 is 15.7 Å². The van der Waals surface area contributed by atoms with Gasteiger partial charge in [0.1, 0.15) is 5.82 Å². The van der Waals surface area contributed by atoms with Crippen LogP contribution in [0.3, 0.4) is 0 Å². The van der Waals surface area contributed by atoms with Crippen LogP contribution in [0.2, 0.25) is 5.02 Å². The molecule has 1 aliphatic carbocycles. The number of unbranched alkanes of at least 4 members (excludes halogenated alkanes) is 1. The molecule has 1 amide bonds. The minimum Gasteiger partial charge on any atom is -0.393 e. The van der Waals surface area contributed by atoms with Crippen molar-refractivity contribution in [3.63, 3.8) is 0 Å². The summed E-state index contributed by atoms with van der Waals surface area (Å²) in [6.07, 6.45) is 7.56. The van der Waals surface area contributed by atoms with Gasteiger partial charge in [-0.15, -0.1) is 0 Å². The molecule has 2 heterocycles. The van der Waals surface area contributed by atoms with E-state index in [9.17, 15) is 9.18 Å². The number of anilines is 1. The fourth-order valence-corrected chi connectivity index (χ4v) is 4.33. The third-order valence-corrected chi connectivity index (χ3v) is 6.52. The van der Waals surface area contributed by atoms with Gasteiger partial charge in [-0.05, 0) is 43.4 Å². The van der Waals surface area contributed by atoms with Gasteiger partial charge in [-0.25, -0.2) is 14.4 Å². The number of fused-ring (bicyclic) bond motifs is 1. The van der Waals surface area contributed by atoms with Gasteiger partial charge in [0, 0.05) is 23.6 Å². The molecule has 1 saturated carbocycles. The lowest BCUT2D eigenvalue weighted by atomic mass is 9.77. The molecule has 180 valence electrons. The van der Waals surface area contributed by atoms with Crippen LogP contribution in [0.25, 0.3) is 11.3 Å². The van der Waals surface area contributed by atoms with Crippen LogP contribution < -0.4 is 5.73 Å². The van der Waals surface area contributed by atoms with Crippen LogP contribution in [0.1, 0.15) is 82.1 Å². The van der Waals surface area contributed by atoms with Gasteiger partial charge in [0.15, 0.2) is 0 Å². The molecule has 2 aliphatic rings. The predicted molar refractivity (Wildman–Crippen MR) is 130 cm³/mol. The van der Waals surface area contributed by atoms with Gasteiger partial charge in [0.05, 0.1) is 28.6 Å². The molecule has 33 heavy (non-hydrogen) atoms. The van der Waals surface area contributed by atoms with Crippen molar-refractivity contribution in [1.29, 1.82) is 0 Å². The first kappa shape index (κ1) is 25.4. The van der Waals surface area contributed by atoms with Gasteiger partial charge in [0.2, 0.25) is 5.95 Å². The lowest BCUT2D eigenvalue weighted by Gasteiger charge is -2.40. The molecule has 4 rings (SSSR count). The van der Waals surface area contributed by atoms with Gasteiger partial charge in [-0.3, -0.25) is 4.79 Å². The number of nitrogen functional groups attached to an aromatic ring is 1. The lowest BCUT2D eigenvalue weighted by molar-refractivity contribution is 0.0666. The molecule has 0 saturated heterocycles. The second-order valence-electron chi connectivity index (χ2n) is 9.56. The number of halogens is 2. The highest BCUT2D eigenvalue weighted by Crippen LogP contribution is 2.42. The molecule has 0 bridgehead atoms. The van der Waals surface area contributed by atoms with Crippen molar-refractivity contribution in [2.24, 2.45) is 0 Å². The Hall–Kier alpha value is -2.25. The Kier molecular flexibility index (Phi) is 7.96. The number of hydrogen-bond acceptors (Lipinski definition) is 5. The quantitative estimate of drug-likeness (QED) is 0.585. The number of aromatic nitrogens is 2. The van der Waals surface area contributed by atoms with Crippen molar-refractivity contribution in [3.8, 4) is 11.3 Å². The molecule has 1 atom stereocenters. The molecule has 2 aromatic rings. The van der Waals surface area contributed by atoms with E-state index >= 15 is 0 Å². The number of amides is 1. The minimum atomic E-state index is -0.552. The summed E-state index contributed by atoms with van der Waals surface area (Å²) in [5.41, 5.74) is 6.97. The monoisotopic (exact) mass is 476 g/mol. The summed E-state index contributed by atoms with van der Waals surface area (Å²) >= 11 is 6.16. The first-order valence-electron chi connectivity index (χ1n) is 11.7. The molecule has 1 aliphatic heterocycles. The SMILES string of the molecule is CC1(C)CN(C2CC2)C(=O)c2c(F)cc(-c3nc(N)ncc3Cl)cc21.CCCCC(O)CC. The number of rotatable bonds is 6. The van der Waals surface area contributed by atoms with E-state index in [1.165, 1.54) is 18.7 Å². The Morgan fingerprint density at radius 2 is 2.03 bits per heavy atom. The highest BCUT2D eigenvalue weighted by Gasteiger charge is 2.44. The Bertz CT molecular complexity index is 1010. The van der Waals surface area contributed by atoms with Crippen LogP contribution in [0.15, 0.2) is 18.3 Å². The van der Waals surface area contributed by atoms with E-state index in [1.807, 2.05) is 20.8 Å². The summed E-state index contributed by atoms with van der Waals surface area (Å²) in [5, 5.41) is 9.27. The van der Waals surface area contributed by atoms with Crippen LogP contribution >= 0.6 is 11.6 Å². The van der Waals surface area contributed by atoms with Crippen molar-refractivity contribution in [1.82, 2.24) is 14.9 Å². The summed E-state index contributed by atoms with van der Waals surface area (Å²) in [6.45, 7) is 8.77. The summed E-state index contributed by atoms with van der Waals surface area (Å²) < 4.78 is 14.9. The Morgan fingerprint density at radius 1 is 1.33 bits per heavy atom. The zero-order valence-electron chi connectivity index (χ0n) is 19.9. The van der Waals surface area contributed by atoms with Crippen LogP contribution in [-0.2, 0) is 5.41 Å². The molecular weight excluding hydrogens is 443 g/mol. The average molecular weight is 477 g/mol. The van der Waals surface area contributed by atoms with Gasteiger partial charge in [0.25, 0.3) is 5.91 Å². The van der Waals surface area contributed by atoms with E-state index in [0.29, 0.717) is 23.4 Å². The van der Waals surface area contributed by atoms with Crippen LogP contribution in [0, 0.1) is 5.82 Å². The standard InChI is InChI=1S/C18H18ClFN4O.C7H16O/c1-18(2)8-24(10-3-4-10)16(25)14-11(18)5-9(6-13(14)20)15-12(19)7-22-17(21)23-15;1-3-5-6-7(8)4-2/h5-7,10H,3-4,8H2,1-2H3,(H2,21,22,23);7-8H,3-6H2,1-2H3. The molecule has 6 nitrogen and oxygen atoms in total. The maximum absolute atomic E-state index is 14.9. The second kappa shape index (κ2) is 10.3. The maximum Gasteiger partial charge on any atom is 0.257 e. The summed E-state index contributed by atoms with van der Waals surface area (Å²) in [7, 11) is 0. The molecule has 8 heteroatoms. The second-order valence-corrected chi connectivity index (χ2v) is 9.96. The van der Waals surface area contributed by atoms with Crippen molar-refractivity contribution >= 4 is 23.5 Å². The Labute approximate surface area is 200 Å².